The van der Waals surface area contributed by atoms with Crippen LogP contribution in [0, 0.1) is 0 Å². The molecule has 24 heavy (non-hydrogen) atoms. The number of pyridine rings is 1. The molecule has 0 saturated heterocycles. The normalized spacial score (nSPS) is 14.9. The topological polar surface area (TPSA) is 101 Å². The summed E-state index contributed by atoms with van der Waals surface area (Å²) < 4.78 is 27.9. The number of carbonyl (C=O) groups is 1. The Labute approximate surface area is 139 Å². The van der Waals surface area contributed by atoms with Crippen molar-refractivity contribution < 1.29 is 13.2 Å². The first-order chi connectivity index (χ1) is 11.5. The van der Waals surface area contributed by atoms with Gasteiger partial charge in [-0.3, -0.25) is 9.78 Å². The fourth-order valence-electron chi connectivity index (χ4n) is 2.30. The van der Waals surface area contributed by atoms with Gasteiger partial charge in [-0.15, -0.1) is 4.40 Å². The Morgan fingerprint density at radius 3 is 2.79 bits per heavy atom. The molecule has 8 heteroatoms. The van der Waals surface area contributed by atoms with Crippen LogP contribution in [0.5, 0.6) is 0 Å². The van der Waals surface area contributed by atoms with Crippen LogP contribution in [0.15, 0.2) is 58.1 Å². The lowest BCUT2D eigenvalue weighted by atomic mass is 10.2. The van der Waals surface area contributed by atoms with Crippen LogP contribution in [0.3, 0.4) is 0 Å². The van der Waals surface area contributed by atoms with Gasteiger partial charge in [-0.1, -0.05) is 18.2 Å². The second-order valence-corrected chi connectivity index (χ2v) is 6.84. The molecule has 7 nitrogen and oxygen atoms in total. The smallest absolute Gasteiger partial charge is 0.286 e. The number of para-hydroxylation sites is 1. The molecule has 1 aromatic heterocycles. The van der Waals surface area contributed by atoms with E-state index in [4.69, 9.17) is 0 Å². The number of nitrogens with one attached hydrogen (secondary N) is 2. The number of rotatable bonds is 5. The van der Waals surface area contributed by atoms with E-state index >= 15 is 0 Å². The molecule has 2 aromatic rings. The van der Waals surface area contributed by atoms with Crippen molar-refractivity contribution in [1.82, 2.24) is 10.3 Å². The summed E-state index contributed by atoms with van der Waals surface area (Å²) in [5, 5.41) is 5.73. The van der Waals surface area contributed by atoms with Gasteiger partial charge in [0.15, 0.2) is 0 Å². The maximum absolute atomic E-state index is 12.1. The van der Waals surface area contributed by atoms with Crippen LogP contribution in [0.25, 0.3) is 0 Å². The monoisotopic (exact) mass is 344 g/mol. The highest BCUT2D eigenvalue weighted by molar-refractivity contribution is 7.90. The predicted molar refractivity (Wildman–Crippen MR) is 90.0 cm³/mol. The molecule has 3 rings (SSSR count). The summed E-state index contributed by atoms with van der Waals surface area (Å²) in [4.78, 5) is 16.0. The second-order valence-electron chi connectivity index (χ2n) is 5.27. The number of sulfonamides is 1. The third-order valence-corrected chi connectivity index (χ3v) is 4.85. The van der Waals surface area contributed by atoms with Crippen LogP contribution in [0.1, 0.15) is 18.4 Å². The maximum atomic E-state index is 12.1. The SMILES string of the molecule is O=C(CCC1=NS(=O)(=O)c2ccccc2N1)NCc1cccnc1. The molecule has 0 radical (unpaired) electrons. The highest BCUT2D eigenvalue weighted by atomic mass is 32.2. The summed E-state index contributed by atoms with van der Waals surface area (Å²) in [6.45, 7) is 0.383. The van der Waals surface area contributed by atoms with E-state index in [-0.39, 0.29) is 29.5 Å². The van der Waals surface area contributed by atoms with Gasteiger partial charge in [-0.2, -0.15) is 8.42 Å². The van der Waals surface area contributed by atoms with Crippen molar-refractivity contribution in [3.63, 3.8) is 0 Å². The van der Waals surface area contributed by atoms with Crippen LogP contribution < -0.4 is 10.6 Å². The molecule has 1 aromatic carbocycles. The second kappa shape index (κ2) is 6.79. The van der Waals surface area contributed by atoms with Crippen molar-refractivity contribution in [3.05, 3.63) is 54.4 Å². The van der Waals surface area contributed by atoms with E-state index in [9.17, 15) is 13.2 Å². The van der Waals surface area contributed by atoms with E-state index in [1.54, 1.807) is 36.7 Å². The van der Waals surface area contributed by atoms with Crippen LogP contribution in [0.4, 0.5) is 5.69 Å². The van der Waals surface area contributed by atoms with Crippen LogP contribution >= 0.6 is 0 Å². The van der Waals surface area contributed by atoms with E-state index in [1.807, 2.05) is 6.07 Å². The number of amides is 1. The van der Waals surface area contributed by atoms with Crippen molar-refractivity contribution in [3.8, 4) is 0 Å². The molecule has 0 fully saturated rings. The summed E-state index contributed by atoms with van der Waals surface area (Å²) in [5.41, 5.74) is 1.38. The molecule has 1 aliphatic rings. The van der Waals surface area contributed by atoms with Gasteiger partial charge in [0.05, 0.1) is 5.69 Å². The molecule has 0 atom stereocenters. The zero-order valence-corrected chi connectivity index (χ0v) is 13.6. The molecular weight excluding hydrogens is 328 g/mol. The van der Waals surface area contributed by atoms with E-state index in [0.29, 0.717) is 12.2 Å². The largest absolute Gasteiger partial charge is 0.352 e. The van der Waals surface area contributed by atoms with Gasteiger partial charge >= 0.3 is 0 Å². The fraction of sp³-hybridized carbons (Fsp3) is 0.188. The summed E-state index contributed by atoms with van der Waals surface area (Å²) in [6, 6.07) is 10.2. The first-order valence-electron chi connectivity index (χ1n) is 7.40. The molecular formula is C16H16N4O3S. The molecule has 0 spiro atoms. The van der Waals surface area contributed by atoms with Gasteiger partial charge in [0, 0.05) is 31.8 Å². The van der Waals surface area contributed by atoms with Gasteiger partial charge in [-0.25, -0.2) is 0 Å². The number of amidine groups is 1. The van der Waals surface area contributed by atoms with Crippen molar-refractivity contribution in [1.29, 1.82) is 0 Å². The summed E-state index contributed by atoms with van der Waals surface area (Å²) >= 11 is 0. The average Bonchev–Trinajstić information content (AvgIpc) is 2.58. The Hall–Kier alpha value is -2.74. The summed E-state index contributed by atoms with van der Waals surface area (Å²) in [5.74, 6) is 0.0878. The fourth-order valence-corrected chi connectivity index (χ4v) is 3.47. The lowest BCUT2D eigenvalue weighted by Crippen LogP contribution is -2.26. The van der Waals surface area contributed by atoms with Crippen molar-refractivity contribution >= 4 is 27.5 Å². The minimum Gasteiger partial charge on any atom is -0.352 e. The number of fused-ring (bicyclic) bond motifs is 1. The number of anilines is 1. The molecule has 2 heterocycles. The molecule has 0 bridgehead atoms. The number of carbonyl (C=O) groups excluding carboxylic acids is 1. The zero-order chi connectivity index (χ0) is 17.0. The van der Waals surface area contributed by atoms with Crippen molar-refractivity contribution in [2.45, 2.75) is 24.3 Å². The Balaban J connectivity index is 1.57. The first-order valence-corrected chi connectivity index (χ1v) is 8.84. The highest BCUT2D eigenvalue weighted by Crippen LogP contribution is 2.27. The van der Waals surface area contributed by atoms with Crippen LogP contribution in [-0.4, -0.2) is 25.1 Å². The van der Waals surface area contributed by atoms with E-state index in [2.05, 4.69) is 20.0 Å². The van der Waals surface area contributed by atoms with E-state index in [1.165, 1.54) is 6.07 Å². The highest BCUT2D eigenvalue weighted by Gasteiger charge is 2.24. The van der Waals surface area contributed by atoms with Crippen LogP contribution in [-0.2, 0) is 21.4 Å². The molecule has 1 aliphatic heterocycles. The van der Waals surface area contributed by atoms with Gasteiger partial charge in [0.1, 0.15) is 10.7 Å². The summed E-state index contributed by atoms with van der Waals surface area (Å²) in [7, 11) is -3.71. The number of aromatic nitrogens is 1. The lowest BCUT2D eigenvalue weighted by Gasteiger charge is -2.17. The van der Waals surface area contributed by atoms with Crippen molar-refractivity contribution in [2.24, 2.45) is 4.40 Å². The molecule has 2 N–H and O–H groups in total. The summed E-state index contributed by atoms with van der Waals surface area (Å²) in [6.07, 6.45) is 3.70. The average molecular weight is 344 g/mol. The number of hydrogen-bond donors (Lipinski definition) is 2. The van der Waals surface area contributed by atoms with Crippen molar-refractivity contribution in [2.75, 3.05) is 5.32 Å². The van der Waals surface area contributed by atoms with E-state index in [0.717, 1.165) is 5.56 Å². The first kappa shape index (κ1) is 16.1. The number of nitrogens with zero attached hydrogens (tertiary/aromatic N) is 2. The maximum Gasteiger partial charge on any atom is 0.286 e. The van der Waals surface area contributed by atoms with Crippen LogP contribution in [0.2, 0.25) is 0 Å². The third kappa shape index (κ3) is 3.77. The minimum absolute atomic E-state index is 0.143. The predicted octanol–water partition coefficient (Wildman–Crippen LogP) is 1.69. The van der Waals surface area contributed by atoms with Gasteiger partial charge in [0.25, 0.3) is 10.0 Å². The Bertz CT molecular complexity index is 879. The molecule has 0 saturated carbocycles. The van der Waals surface area contributed by atoms with Gasteiger partial charge < -0.3 is 10.6 Å². The quantitative estimate of drug-likeness (QED) is 0.860. The number of hydrogen-bond acceptors (Lipinski definition) is 5. The number of benzene rings is 1. The lowest BCUT2D eigenvalue weighted by molar-refractivity contribution is -0.121. The Kier molecular flexibility index (Phi) is 4.57. The van der Waals surface area contributed by atoms with E-state index < -0.39 is 10.0 Å². The Morgan fingerprint density at radius 2 is 2.00 bits per heavy atom. The zero-order valence-electron chi connectivity index (χ0n) is 12.8. The molecule has 0 aliphatic carbocycles. The Morgan fingerprint density at radius 1 is 1.17 bits per heavy atom. The van der Waals surface area contributed by atoms with Gasteiger partial charge in [0.2, 0.25) is 5.91 Å². The minimum atomic E-state index is -3.71. The molecule has 124 valence electrons. The molecule has 0 unspecified atom stereocenters. The van der Waals surface area contributed by atoms with Gasteiger partial charge in [-0.05, 0) is 23.8 Å². The standard InChI is InChI=1S/C16H16N4O3S/c21-16(18-11-12-4-3-9-17-10-12)8-7-15-19-13-5-1-2-6-14(13)24(22,23)20-15/h1-6,9-10H,7-8,11H2,(H,18,21)(H,19,20). The molecule has 1 amide bonds. The third-order valence-electron chi connectivity index (χ3n) is 3.48.